The van der Waals surface area contributed by atoms with Crippen LogP contribution in [-0.2, 0) is 6.54 Å². The molecule has 0 aliphatic rings. The van der Waals surface area contributed by atoms with E-state index in [1.54, 1.807) is 13.3 Å². The molecule has 0 radical (unpaired) electrons. The molecule has 1 aromatic carbocycles. The van der Waals surface area contributed by atoms with Crippen LogP contribution in [0, 0.1) is 0 Å². The van der Waals surface area contributed by atoms with Gasteiger partial charge in [-0.05, 0) is 23.8 Å². The molecule has 0 aliphatic heterocycles. The van der Waals surface area contributed by atoms with E-state index in [1.807, 2.05) is 41.2 Å². The van der Waals surface area contributed by atoms with Crippen LogP contribution in [0.5, 0.6) is 5.75 Å². The molecule has 1 atom stereocenters. The van der Waals surface area contributed by atoms with Gasteiger partial charge >= 0.3 is 0 Å². The molecule has 0 saturated heterocycles. The number of nitrogens with one attached hydrogen (secondary N) is 1. The molecule has 0 fully saturated rings. The van der Waals surface area contributed by atoms with E-state index in [9.17, 15) is 5.11 Å². The first-order valence-corrected chi connectivity index (χ1v) is 6.30. The van der Waals surface area contributed by atoms with E-state index in [-0.39, 0.29) is 0 Å². The number of nitrogens with zero attached hydrogens (tertiary/aromatic N) is 2. The fraction of sp³-hybridized carbons (Fsp3) is 0.357. The highest BCUT2D eigenvalue weighted by Gasteiger charge is 2.07. The number of aliphatic hydroxyl groups excluding tert-OH is 1. The second-order valence-corrected chi connectivity index (χ2v) is 4.27. The molecule has 0 spiro atoms. The van der Waals surface area contributed by atoms with Gasteiger partial charge in [-0.1, -0.05) is 12.1 Å². The minimum absolute atomic E-state index is 0.508. The lowest BCUT2D eigenvalue weighted by Crippen LogP contribution is -2.25. The maximum atomic E-state index is 10.1. The molecular formula is C14H19N3O2. The Labute approximate surface area is 112 Å². The fourth-order valence-corrected chi connectivity index (χ4v) is 1.83. The van der Waals surface area contributed by atoms with Crippen LogP contribution in [0.2, 0.25) is 0 Å². The van der Waals surface area contributed by atoms with E-state index in [0.717, 1.165) is 24.4 Å². The Morgan fingerprint density at radius 2 is 2.32 bits per heavy atom. The van der Waals surface area contributed by atoms with E-state index >= 15 is 0 Å². The van der Waals surface area contributed by atoms with E-state index in [4.69, 9.17) is 4.74 Å². The van der Waals surface area contributed by atoms with Crippen molar-refractivity contribution in [1.82, 2.24) is 15.1 Å². The summed E-state index contributed by atoms with van der Waals surface area (Å²) < 4.78 is 6.99. The summed E-state index contributed by atoms with van der Waals surface area (Å²) in [4.78, 5) is 0. The number of methoxy groups -OCH3 is 1. The zero-order valence-corrected chi connectivity index (χ0v) is 11.0. The van der Waals surface area contributed by atoms with Crippen molar-refractivity contribution >= 4 is 0 Å². The molecule has 0 amide bonds. The average Bonchev–Trinajstić information content (AvgIpc) is 2.96. The summed E-state index contributed by atoms with van der Waals surface area (Å²) in [5.41, 5.74) is 0.853. The van der Waals surface area contributed by atoms with Gasteiger partial charge in [0.2, 0.25) is 0 Å². The predicted octanol–water partition coefficient (Wildman–Crippen LogP) is 1.21. The lowest BCUT2D eigenvalue weighted by molar-refractivity contribution is 0.174. The third kappa shape index (κ3) is 4.08. The quantitative estimate of drug-likeness (QED) is 0.736. The summed E-state index contributed by atoms with van der Waals surface area (Å²) in [6, 6.07) is 9.37. The van der Waals surface area contributed by atoms with Crippen LogP contribution in [0.15, 0.2) is 42.7 Å². The number of hydrogen-bond donors (Lipinski definition) is 2. The monoisotopic (exact) mass is 261 g/mol. The fourth-order valence-electron chi connectivity index (χ4n) is 1.83. The summed E-state index contributed by atoms with van der Waals surface area (Å²) in [5.74, 6) is 0.757. The van der Waals surface area contributed by atoms with Crippen molar-refractivity contribution in [3.8, 4) is 5.75 Å². The van der Waals surface area contributed by atoms with Gasteiger partial charge in [0.1, 0.15) is 5.75 Å². The summed E-state index contributed by atoms with van der Waals surface area (Å²) in [6.45, 7) is 2.06. The van der Waals surface area contributed by atoms with Gasteiger partial charge in [0.15, 0.2) is 0 Å². The van der Waals surface area contributed by atoms with Crippen molar-refractivity contribution in [3.63, 3.8) is 0 Å². The Kier molecular flexibility index (Phi) is 4.94. The minimum atomic E-state index is -0.535. The molecule has 5 heteroatoms. The largest absolute Gasteiger partial charge is 0.497 e. The van der Waals surface area contributed by atoms with Gasteiger partial charge in [-0.2, -0.15) is 5.10 Å². The van der Waals surface area contributed by atoms with Gasteiger partial charge in [-0.25, -0.2) is 0 Å². The van der Waals surface area contributed by atoms with Crippen molar-refractivity contribution in [3.05, 3.63) is 48.3 Å². The van der Waals surface area contributed by atoms with Crippen LogP contribution >= 0.6 is 0 Å². The van der Waals surface area contributed by atoms with Gasteiger partial charge < -0.3 is 15.2 Å². The maximum Gasteiger partial charge on any atom is 0.119 e. The molecule has 2 N–H and O–H groups in total. The molecule has 0 bridgehead atoms. The van der Waals surface area contributed by atoms with Crippen LogP contribution in [0.4, 0.5) is 0 Å². The molecule has 2 aromatic rings. The van der Waals surface area contributed by atoms with Gasteiger partial charge in [-0.3, -0.25) is 4.68 Å². The Bertz CT molecular complexity index is 485. The standard InChI is InChI=1S/C14H19N3O2/c1-19-13-5-2-4-12(10-13)14(18)11-15-7-9-17-8-3-6-16-17/h2-6,8,10,14-15,18H,7,9,11H2,1H3. The lowest BCUT2D eigenvalue weighted by atomic mass is 10.1. The van der Waals surface area contributed by atoms with E-state index in [2.05, 4.69) is 10.4 Å². The average molecular weight is 261 g/mol. The predicted molar refractivity (Wildman–Crippen MR) is 73.1 cm³/mol. The highest BCUT2D eigenvalue weighted by Crippen LogP contribution is 2.18. The smallest absolute Gasteiger partial charge is 0.119 e. The Morgan fingerprint density at radius 1 is 1.42 bits per heavy atom. The van der Waals surface area contributed by atoms with Crippen LogP contribution in [0.1, 0.15) is 11.7 Å². The number of ether oxygens (including phenoxy) is 1. The minimum Gasteiger partial charge on any atom is -0.497 e. The number of aromatic nitrogens is 2. The van der Waals surface area contributed by atoms with Gasteiger partial charge in [0, 0.05) is 25.5 Å². The second-order valence-electron chi connectivity index (χ2n) is 4.27. The Balaban J connectivity index is 1.75. The number of rotatable bonds is 7. The first kappa shape index (κ1) is 13.6. The van der Waals surface area contributed by atoms with Gasteiger partial charge in [0.25, 0.3) is 0 Å². The van der Waals surface area contributed by atoms with Crippen LogP contribution in [0.3, 0.4) is 0 Å². The molecule has 19 heavy (non-hydrogen) atoms. The molecule has 5 nitrogen and oxygen atoms in total. The maximum absolute atomic E-state index is 10.1. The van der Waals surface area contributed by atoms with Crippen LogP contribution in [0.25, 0.3) is 0 Å². The topological polar surface area (TPSA) is 59.3 Å². The van der Waals surface area contributed by atoms with Gasteiger partial charge in [0.05, 0.1) is 19.8 Å². The molecule has 0 saturated carbocycles. The number of benzene rings is 1. The molecule has 0 aliphatic carbocycles. The van der Waals surface area contributed by atoms with Crippen molar-refractivity contribution in [2.45, 2.75) is 12.6 Å². The van der Waals surface area contributed by atoms with E-state index in [1.165, 1.54) is 0 Å². The first-order valence-electron chi connectivity index (χ1n) is 6.30. The van der Waals surface area contributed by atoms with Crippen molar-refractivity contribution in [2.75, 3.05) is 20.2 Å². The van der Waals surface area contributed by atoms with E-state index < -0.39 is 6.10 Å². The third-order valence-electron chi connectivity index (χ3n) is 2.89. The molecule has 102 valence electrons. The molecule has 2 rings (SSSR count). The number of hydrogen-bond acceptors (Lipinski definition) is 4. The molecular weight excluding hydrogens is 242 g/mol. The zero-order chi connectivity index (χ0) is 13.5. The Hall–Kier alpha value is -1.85. The highest BCUT2D eigenvalue weighted by atomic mass is 16.5. The highest BCUT2D eigenvalue weighted by molar-refractivity contribution is 5.29. The van der Waals surface area contributed by atoms with Crippen LogP contribution in [-0.4, -0.2) is 35.1 Å². The van der Waals surface area contributed by atoms with E-state index in [0.29, 0.717) is 6.54 Å². The lowest BCUT2D eigenvalue weighted by Gasteiger charge is -2.13. The SMILES string of the molecule is COc1cccc(C(O)CNCCn2cccn2)c1. The van der Waals surface area contributed by atoms with Crippen molar-refractivity contribution in [2.24, 2.45) is 0 Å². The summed E-state index contributed by atoms with van der Waals surface area (Å²) in [6.07, 6.45) is 3.14. The first-order chi connectivity index (χ1) is 9.29. The number of aliphatic hydroxyl groups is 1. The third-order valence-corrected chi connectivity index (χ3v) is 2.89. The van der Waals surface area contributed by atoms with Crippen molar-refractivity contribution in [1.29, 1.82) is 0 Å². The molecule has 1 unspecified atom stereocenters. The second kappa shape index (κ2) is 6.92. The van der Waals surface area contributed by atoms with Gasteiger partial charge in [-0.15, -0.1) is 0 Å². The van der Waals surface area contributed by atoms with Crippen molar-refractivity contribution < 1.29 is 9.84 Å². The molecule has 1 heterocycles. The zero-order valence-electron chi connectivity index (χ0n) is 11.0. The summed E-state index contributed by atoms with van der Waals surface area (Å²) >= 11 is 0. The summed E-state index contributed by atoms with van der Waals surface area (Å²) in [5, 5.41) is 17.4. The Morgan fingerprint density at radius 3 is 3.05 bits per heavy atom. The van der Waals surface area contributed by atoms with Crippen LogP contribution < -0.4 is 10.1 Å². The summed E-state index contributed by atoms with van der Waals surface area (Å²) in [7, 11) is 1.62. The molecule has 1 aromatic heterocycles. The normalized spacial score (nSPS) is 12.3.